The van der Waals surface area contributed by atoms with E-state index in [1.165, 1.54) is 25.3 Å². The molecule has 6 nitrogen and oxygen atoms in total. The second kappa shape index (κ2) is 9.58. The SMILES string of the molecule is Cc1ccc2nc(NC(=O)c3cc(Br)c4[nH]c(-c5c(F)cccc5Cl)nc4c3)n(C3CCCCC3)c2c1. The molecule has 0 unspecified atom stereocenters. The molecule has 6 rings (SSSR count). The second-order valence-corrected chi connectivity index (χ2v) is 10.8. The Kier molecular flexibility index (Phi) is 6.24. The summed E-state index contributed by atoms with van der Waals surface area (Å²) in [5, 5.41) is 3.31. The summed E-state index contributed by atoms with van der Waals surface area (Å²) in [7, 11) is 0. The van der Waals surface area contributed by atoms with Crippen LogP contribution in [0.1, 0.15) is 54.1 Å². The largest absolute Gasteiger partial charge is 0.337 e. The van der Waals surface area contributed by atoms with Gasteiger partial charge in [0.15, 0.2) is 0 Å². The molecule has 2 aromatic heterocycles. The third kappa shape index (κ3) is 4.42. The number of H-pyrrole nitrogens is 1. The minimum Gasteiger partial charge on any atom is -0.337 e. The van der Waals surface area contributed by atoms with Crippen LogP contribution >= 0.6 is 27.5 Å². The summed E-state index contributed by atoms with van der Waals surface area (Å²) >= 11 is 9.78. The fourth-order valence-electron chi connectivity index (χ4n) is 5.22. The molecule has 37 heavy (non-hydrogen) atoms. The van der Waals surface area contributed by atoms with Gasteiger partial charge in [-0.2, -0.15) is 0 Å². The van der Waals surface area contributed by atoms with Crippen molar-refractivity contribution in [1.82, 2.24) is 19.5 Å². The Morgan fingerprint density at radius 1 is 1.11 bits per heavy atom. The van der Waals surface area contributed by atoms with Gasteiger partial charge in [0, 0.05) is 16.1 Å². The third-order valence-electron chi connectivity index (χ3n) is 7.02. The molecule has 0 saturated heterocycles. The first kappa shape index (κ1) is 24.1. The number of hydrogen-bond acceptors (Lipinski definition) is 3. The van der Waals surface area contributed by atoms with E-state index < -0.39 is 5.82 Å². The number of aromatic nitrogens is 4. The van der Waals surface area contributed by atoms with Gasteiger partial charge in [-0.1, -0.05) is 43.0 Å². The minimum atomic E-state index is -0.475. The van der Waals surface area contributed by atoms with Gasteiger partial charge in [-0.25, -0.2) is 14.4 Å². The van der Waals surface area contributed by atoms with Crippen LogP contribution in [-0.4, -0.2) is 25.4 Å². The first-order valence-corrected chi connectivity index (χ1v) is 13.5. The van der Waals surface area contributed by atoms with Crippen LogP contribution in [0.5, 0.6) is 0 Å². The Morgan fingerprint density at radius 3 is 2.70 bits per heavy atom. The fraction of sp³-hybridized carbons (Fsp3) is 0.250. The quantitative estimate of drug-likeness (QED) is 0.225. The summed E-state index contributed by atoms with van der Waals surface area (Å²) in [6.07, 6.45) is 5.70. The van der Waals surface area contributed by atoms with Gasteiger partial charge >= 0.3 is 0 Å². The number of carbonyl (C=O) groups is 1. The van der Waals surface area contributed by atoms with Gasteiger partial charge in [0.25, 0.3) is 5.91 Å². The standard InChI is InChI=1S/C28H24BrClFN5O/c1-15-10-11-21-23(12-15)36(17-6-3-2-4-7-17)28(33-21)35-27(37)16-13-18(29)25-22(14-16)32-26(34-25)24-19(30)8-5-9-20(24)31/h5,8-14,17H,2-4,6-7H2,1H3,(H,32,34)(H,33,35,37). The molecular formula is C28H24BrClFN5O. The maximum atomic E-state index is 14.5. The number of rotatable bonds is 4. The van der Waals surface area contributed by atoms with Crippen LogP contribution in [-0.2, 0) is 0 Å². The monoisotopic (exact) mass is 579 g/mol. The number of aromatic amines is 1. The van der Waals surface area contributed by atoms with Crippen LogP contribution in [0.15, 0.2) is 53.0 Å². The molecule has 188 valence electrons. The predicted molar refractivity (Wildman–Crippen MR) is 149 cm³/mol. The van der Waals surface area contributed by atoms with Crippen molar-refractivity contribution in [3.05, 3.63) is 75.0 Å². The maximum absolute atomic E-state index is 14.5. The van der Waals surface area contributed by atoms with Crippen LogP contribution in [0.3, 0.4) is 0 Å². The first-order chi connectivity index (χ1) is 17.9. The number of benzene rings is 3. The number of hydrogen-bond donors (Lipinski definition) is 2. The molecule has 1 amide bonds. The number of halogens is 3. The minimum absolute atomic E-state index is 0.190. The molecule has 1 fully saturated rings. The summed E-state index contributed by atoms with van der Waals surface area (Å²) in [5.74, 6) is 0.0815. The highest BCUT2D eigenvalue weighted by Crippen LogP contribution is 2.36. The van der Waals surface area contributed by atoms with Crippen LogP contribution in [0.2, 0.25) is 5.02 Å². The van der Waals surface area contributed by atoms with Crippen LogP contribution in [0.4, 0.5) is 10.3 Å². The molecule has 1 aliphatic carbocycles. The third-order valence-corrected chi connectivity index (χ3v) is 7.96. The van der Waals surface area contributed by atoms with Crippen molar-refractivity contribution in [3.63, 3.8) is 0 Å². The van der Waals surface area contributed by atoms with Crippen LogP contribution < -0.4 is 5.32 Å². The molecule has 2 N–H and O–H groups in total. The van der Waals surface area contributed by atoms with E-state index in [9.17, 15) is 9.18 Å². The summed E-state index contributed by atoms with van der Waals surface area (Å²) in [4.78, 5) is 25.9. The summed E-state index contributed by atoms with van der Waals surface area (Å²) < 4.78 is 17.3. The maximum Gasteiger partial charge on any atom is 0.258 e. The summed E-state index contributed by atoms with van der Waals surface area (Å²) in [6, 6.07) is 14.4. The number of imidazole rings is 2. The molecule has 0 bridgehead atoms. The number of nitrogens with zero attached hydrogens (tertiary/aromatic N) is 3. The van der Waals surface area contributed by atoms with Gasteiger partial charge in [-0.15, -0.1) is 0 Å². The topological polar surface area (TPSA) is 75.6 Å². The van der Waals surface area contributed by atoms with Crippen LogP contribution in [0.25, 0.3) is 33.5 Å². The molecule has 0 spiro atoms. The Morgan fingerprint density at radius 2 is 1.92 bits per heavy atom. The number of nitrogens with one attached hydrogen (secondary N) is 2. The Labute approximate surface area is 226 Å². The molecule has 0 atom stereocenters. The van der Waals surface area contributed by atoms with E-state index in [-0.39, 0.29) is 16.5 Å². The van der Waals surface area contributed by atoms with Crippen molar-refractivity contribution in [2.24, 2.45) is 0 Å². The summed E-state index contributed by atoms with van der Waals surface area (Å²) in [5.41, 5.74) is 4.83. The molecule has 1 saturated carbocycles. The highest BCUT2D eigenvalue weighted by Gasteiger charge is 2.24. The lowest BCUT2D eigenvalue weighted by Crippen LogP contribution is -2.20. The Balaban J connectivity index is 1.38. The molecule has 0 aliphatic heterocycles. The van der Waals surface area contributed by atoms with E-state index in [2.05, 4.69) is 48.8 Å². The van der Waals surface area contributed by atoms with E-state index >= 15 is 0 Å². The molecule has 9 heteroatoms. The van der Waals surface area contributed by atoms with Crippen molar-refractivity contribution >= 4 is 61.5 Å². The van der Waals surface area contributed by atoms with Crippen molar-refractivity contribution in [2.75, 3.05) is 5.32 Å². The average Bonchev–Trinajstić information content (AvgIpc) is 3.45. The lowest BCUT2D eigenvalue weighted by molar-refractivity contribution is 0.102. The lowest BCUT2D eigenvalue weighted by Gasteiger charge is -2.25. The van der Waals surface area contributed by atoms with Gasteiger partial charge < -0.3 is 9.55 Å². The second-order valence-electron chi connectivity index (χ2n) is 9.58. The first-order valence-electron chi connectivity index (χ1n) is 12.3. The molecule has 2 heterocycles. The van der Waals surface area contributed by atoms with Crippen molar-refractivity contribution in [3.8, 4) is 11.4 Å². The number of carbonyl (C=O) groups excluding carboxylic acids is 1. The van der Waals surface area contributed by atoms with Gasteiger partial charge in [-0.3, -0.25) is 10.1 Å². The Hall–Kier alpha value is -3.23. The molecule has 1 aliphatic rings. The van der Waals surface area contributed by atoms with Gasteiger partial charge in [0.2, 0.25) is 5.95 Å². The number of anilines is 1. The van der Waals surface area contributed by atoms with E-state index in [0.29, 0.717) is 38.9 Å². The van der Waals surface area contributed by atoms with Gasteiger partial charge in [0.05, 0.1) is 32.7 Å². The van der Waals surface area contributed by atoms with E-state index in [1.54, 1.807) is 24.3 Å². The predicted octanol–water partition coefficient (Wildman–Crippen LogP) is 8.20. The van der Waals surface area contributed by atoms with Crippen molar-refractivity contribution in [2.45, 2.75) is 45.1 Å². The number of fused-ring (bicyclic) bond motifs is 2. The number of amides is 1. The van der Waals surface area contributed by atoms with E-state index in [4.69, 9.17) is 16.6 Å². The fourth-order valence-corrected chi connectivity index (χ4v) is 6.02. The molecule has 0 radical (unpaired) electrons. The normalized spacial score (nSPS) is 14.5. The lowest BCUT2D eigenvalue weighted by atomic mass is 9.95. The number of aryl methyl sites for hydroxylation is 1. The Bertz CT molecular complexity index is 1650. The van der Waals surface area contributed by atoms with Gasteiger partial charge in [0.1, 0.15) is 11.6 Å². The van der Waals surface area contributed by atoms with Crippen molar-refractivity contribution in [1.29, 1.82) is 0 Å². The van der Waals surface area contributed by atoms with Crippen molar-refractivity contribution < 1.29 is 9.18 Å². The zero-order valence-electron chi connectivity index (χ0n) is 20.1. The van der Waals surface area contributed by atoms with Gasteiger partial charge in [-0.05, 0) is 77.7 Å². The van der Waals surface area contributed by atoms with Crippen LogP contribution in [0, 0.1) is 12.7 Å². The molecule has 3 aromatic carbocycles. The summed E-state index contributed by atoms with van der Waals surface area (Å²) in [6.45, 7) is 2.06. The zero-order chi connectivity index (χ0) is 25.7. The van der Waals surface area contributed by atoms with E-state index in [0.717, 1.165) is 29.4 Å². The molecular weight excluding hydrogens is 557 g/mol. The highest BCUT2D eigenvalue weighted by atomic mass is 79.9. The van der Waals surface area contributed by atoms with E-state index in [1.807, 2.05) is 12.1 Å². The average molecular weight is 581 g/mol. The highest BCUT2D eigenvalue weighted by molar-refractivity contribution is 9.10. The smallest absolute Gasteiger partial charge is 0.258 e. The molecule has 5 aromatic rings. The zero-order valence-corrected chi connectivity index (χ0v) is 22.5.